The van der Waals surface area contributed by atoms with Gasteiger partial charge in [0.25, 0.3) is 0 Å². The van der Waals surface area contributed by atoms with Gasteiger partial charge >= 0.3 is 0 Å². The Kier molecular flexibility index (Phi) is 4.46. The molecule has 0 aromatic heterocycles. The third-order valence-corrected chi connectivity index (χ3v) is 3.47. The SMILES string of the molecule is COc1ccc(C)cc1NC(C)c1cc(F)c(C)cc1F. The molecule has 4 heteroatoms. The highest BCUT2D eigenvalue weighted by molar-refractivity contribution is 5.59. The summed E-state index contributed by atoms with van der Waals surface area (Å²) in [6, 6.07) is 7.77. The first kappa shape index (κ1) is 15.3. The first-order valence-electron chi connectivity index (χ1n) is 6.79. The molecule has 1 atom stereocenters. The van der Waals surface area contributed by atoms with Gasteiger partial charge in [0.1, 0.15) is 17.4 Å². The van der Waals surface area contributed by atoms with Crippen LogP contribution in [0.25, 0.3) is 0 Å². The predicted molar refractivity (Wildman–Crippen MR) is 80.9 cm³/mol. The molecule has 0 spiro atoms. The normalized spacial score (nSPS) is 12.1. The minimum absolute atomic E-state index is 0.293. The van der Waals surface area contributed by atoms with Crippen LogP contribution in [0, 0.1) is 25.5 Å². The zero-order chi connectivity index (χ0) is 15.6. The molecule has 21 heavy (non-hydrogen) atoms. The number of rotatable bonds is 4. The Morgan fingerprint density at radius 1 is 1.05 bits per heavy atom. The van der Waals surface area contributed by atoms with Gasteiger partial charge in [-0.1, -0.05) is 6.07 Å². The second-order valence-electron chi connectivity index (χ2n) is 5.19. The molecule has 0 aliphatic heterocycles. The second kappa shape index (κ2) is 6.12. The molecule has 0 radical (unpaired) electrons. The van der Waals surface area contributed by atoms with Crippen LogP contribution in [-0.4, -0.2) is 7.11 Å². The summed E-state index contributed by atoms with van der Waals surface area (Å²) in [6.07, 6.45) is 0. The maximum absolute atomic E-state index is 14.0. The number of aryl methyl sites for hydroxylation is 2. The molecule has 2 aromatic carbocycles. The lowest BCUT2D eigenvalue weighted by atomic mass is 10.0. The van der Waals surface area contributed by atoms with E-state index in [0.717, 1.165) is 11.3 Å². The minimum Gasteiger partial charge on any atom is -0.495 e. The van der Waals surface area contributed by atoms with E-state index in [9.17, 15) is 8.78 Å². The number of ether oxygens (including phenoxy) is 1. The van der Waals surface area contributed by atoms with E-state index in [-0.39, 0.29) is 6.04 Å². The lowest BCUT2D eigenvalue weighted by Gasteiger charge is -2.19. The van der Waals surface area contributed by atoms with Crippen molar-refractivity contribution in [3.05, 3.63) is 58.7 Å². The Labute approximate surface area is 123 Å². The molecule has 0 fully saturated rings. The largest absolute Gasteiger partial charge is 0.495 e. The zero-order valence-electron chi connectivity index (χ0n) is 12.6. The van der Waals surface area contributed by atoms with Crippen LogP contribution in [0.1, 0.15) is 29.7 Å². The third kappa shape index (κ3) is 3.32. The molecule has 1 unspecified atom stereocenters. The zero-order valence-corrected chi connectivity index (χ0v) is 12.6. The second-order valence-corrected chi connectivity index (χ2v) is 5.19. The topological polar surface area (TPSA) is 21.3 Å². The lowest BCUT2D eigenvalue weighted by Crippen LogP contribution is -2.10. The van der Waals surface area contributed by atoms with E-state index in [1.165, 1.54) is 12.1 Å². The molecule has 0 aliphatic carbocycles. The number of nitrogens with one attached hydrogen (secondary N) is 1. The summed E-state index contributed by atoms with van der Waals surface area (Å²) in [6.45, 7) is 5.29. The van der Waals surface area contributed by atoms with Crippen LogP contribution >= 0.6 is 0 Å². The smallest absolute Gasteiger partial charge is 0.141 e. The fourth-order valence-electron chi connectivity index (χ4n) is 2.24. The summed E-state index contributed by atoms with van der Waals surface area (Å²) in [5, 5.41) is 3.17. The quantitative estimate of drug-likeness (QED) is 0.876. The molecular formula is C17H19F2NO. The van der Waals surface area contributed by atoms with Crippen LogP contribution in [0.3, 0.4) is 0 Å². The monoisotopic (exact) mass is 291 g/mol. The van der Waals surface area contributed by atoms with E-state index in [1.807, 2.05) is 25.1 Å². The van der Waals surface area contributed by atoms with Crippen molar-refractivity contribution in [2.45, 2.75) is 26.8 Å². The van der Waals surface area contributed by atoms with Crippen molar-refractivity contribution in [2.24, 2.45) is 0 Å². The average Bonchev–Trinajstić information content (AvgIpc) is 2.43. The van der Waals surface area contributed by atoms with Crippen molar-refractivity contribution in [1.82, 2.24) is 0 Å². The van der Waals surface area contributed by atoms with Crippen LogP contribution < -0.4 is 10.1 Å². The van der Waals surface area contributed by atoms with Crippen molar-refractivity contribution in [3.63, 3.8) is 0 Å². The molecule has 2 aromatic rings. The van der Waals surface area contributed by atoms with E-state index >= 15 is 0 Å². The Bertz CT molecular complexity index is 655. The number of anilines is 1. The highest BCUT2D eigenvalue weighted by Gasteiger charge is 2.15. The highest BCUT2D eigenvalue weighted by atomic mass is 19.1. The Morgan fingerprint density at radius 3 is 2.43 bits per heavy atom. The van der Waals surface area contributed by atoms with Gasteiger partial charge < -0.3 is 10.1 Å². The van der Waals surface area contributed by atoms with Gasteiger partial charge in [0.15, 0.2) is 0 Å². The van der Waals surface area contributed by atoms with Crippen LogP contribution in [-0.2, 0) is 0 Å². The summed E-state index contributed by atoms with van der Waals surface area (Å²) >= 11 is 0. The molecular weight excluding hydrogens is 272 g/mol. The van der Waals surface area contributed by atoms with Crippen LogP contribution in [0.2, 0.25) is 0 Å². The molecule has 0 heterocycles. The van der Waals surface area contributed by atoms with Gasteiger partial charge in [-0.2, -0.15) is 0 Å². The van der Waals surface area contributed by atoms with E-state index in [0.29, 0.717) is 16.9 Å². The molecule has 2 rings (SSSR count). The summed E-state index contributed by atoms with van der Waals surface area (Å²) in [7, 11) is 1.58. The first-order chi connectivity index (χ1) is 9.92. The molecule has 0 amide bonds. The first-order valence-corrected chi connectivity index (χ1v) is 6.79. The third-order valence-electron chi connectivity index (χ3n) is 3.47. The van der Waals surface area contributed by atoms with Gasteiger partial charge in [-0.3, -0.25) is 0 Å². The standard InChI is InChI=1S/C17H19F2NO/c1-10-5-6-17(21-4)16(7-10)20-12(3)13-9-14(18)11(2)8-15(13)19/h5-9,12,20H,1-4H3. The molecule has 2 nitrogen and oxygen atoms in total. The molecule has 0 saturated heterocycles. The van der Waals surface area contributed by atoms with Gasteiger partial charge in [0.2, 0.25) is 0 Å². The summed E-state index contributed by atoms with van der Waals surface area (Å²) < 4.78 is 32.9. The van der Waals surface area contributed by atoms with Crippen molar-refractivity contribution in [1.29, 1.82) is 0 Å². The van der Waals surface area contributed by atoms with Crippen molar-refractivity contribution in [3.8, 4) is 5.75 Å². The van der Waals surface area contributed by atoms with Gasteiger partial charge in [0.05, 0.1) is 18.8 Å². The molecule has 0 aliphatic rings. The average molecular weight is 291 g/mol. The Morgan fingerprint density at radius 2 is 1.76 bits per heavy atom. The molecule has 0 saturated carbocycles. The highest BCUT2D eigenvalue weighted by Crippen LogP contribution is 2.30. The maximum Gasteiger partial charge on any atom is 0.141 e. The fourth-order valence-corrected chi connectivity index (χ4v) is 2.24. The van der Waals surface area contributed by atoms with E-state index in [1.54, 1.807) is 21.0 Å². The summed E-state index contributed by atoms with van der Waals surface area (Å²) in [5.41, 5.74) is 2.41. The number of halogens is 2. The number of benzene rings is 2. The predicted octanol–water partition coefficient (Wildman–Crippen LogP) is 4.76. The maximum atomic E-state index is 14.0. The van der Waals surface area contributed by atoms with Crippen molar-refractivity contribution < 1.29 is 13.5 Å². The van der Waals surface area contributed by atoms with Gasteiger partial charge in [0, 0.05) is 5.56 Å². The molecule has 0 bridgehead atoms. The van der Waals surface area contributed by atoms with Gasteiger partial charge in [-0.05, 0) is 56.2 Å². The fraction of sp³-hybridized carbons (Fsp3) is 0.294. The van der Waals surface area contributed by atoms with Crippen LogP contribution in [0.5, 0.6) is 5.75 Å². The van der Waals surface area contributed by atoms with E-state index < -0.39 is 11.6 Å². The van der Waals surface area contributed by atoms with E-state index in [2.05, 4.69) is 5.32 Å². The van der Waals surface area contributed by atoms with Gasteiger partial charge in [-0.25, -0.2) is 8.78 Å². The van der Waals surface area contributed by atoms with Gasteiger partial charge in [-0.15, -0.1) is 0 Å². The minimum atomic E-state index is -0.416. The summed E-state index contributed by atoms with van der Waals surface area (Å²) in [4.78, 5) is 0. The van der Waals surface area contributed by atoms with E-state index in [4.69, 9.17) is 4.74 Å². The van der Waals surface area contributed by atoms with Crippen LogP contribution in [0.4, 0.5) is 14.5 Å². The number of methoxy groups -OCH3 is 1. The molecule has 112 valence electrons. The Hall–Kier alpha value is -2.10. The Balaban J connectivity index is 2.32. The summed E-state index contributed by atoms with van der Waals surface area (Å²) in [5.74, 6) is -0.155. The van der Waals surface area contributed by atoms with Crippen LogP contribution in [0.15, 0.2) is 30.3 Å². The number of hydrogen-bond donors (Lipinski definition) is 1. The molecule has 1 N–H and O–H groups in total. The van der Waals surface area contributed by atoms with Crippen molar-refractivity contribution in [2.75, 3.05) is 12.4 Å². The number of hydrogen-bond acceptors (Lipinski definition) is 2. The van der Waals surface area contributed by atoms with Crippen molar-refractivity contribution >= 4 is 5.69 Å². The lowest BCUT2D eigenvalue weighted by molar-refractivity contribution is 0.416.